The molecule has 0 fully saturated rings. The summed E-state index contributed by atoms with van der Waals surface area (Å²) in [5.41, 5.74) is 9.81. The first-order valence-corrected chi connectivity index (χ1v) is 7.06. The molecule has 3 N–H and O–H groups in total. The van der Waals surface area contributed by atoms with Crippen molar-refractivity contribution in [3.05, 3.63) is 29.3 Å². The number of hydrogen-bond acceptors (Lipinski definition) is 2. The van der Waals surface area contributed by atoms with E-state index in [-0.39, 0.29) is 24.0 Å². The molecular weight excluding hydrogens is 365 g/mol. The van der Waals surface area contributed by atoms with Gasteiger partial charge in [-0.05, 0) is 55.9 Å². The van der Waals surface area contributed by atoms with Gasteiger partial charge in [0.1, 0.15) is 0 Å². The quantitative estimate of drug-likeness (QED) is 0.341. The van der Waals surface area contributed by atoms with Crippen LogP contribution in [0, 0.1) is 0 Å². The van der Waals surface area contributed by atoms with E-state index in [0.717, 1.165) is 25.3 Å². The van der Waals surface area contributed by atoms with Gasteiger partial charge in [-0.15, -0.1) is 24.0 Å². The Morgan fingerprint density at radius 2 is 2.15 bits per heavy atom. The third kappa shape index (κ3) is 5.28. The molecule has 0 amide bonds. The molecule has 1 aliphatic rings. The Morgan fingerprint density at radius 3 is 2.95 bits per heavy atom. The molecule has 4 nitrogen and oxygen atoms in total. The number of benzene rings is 1. The number of guanidine groups is 1. The minimum atomic E-state index is 0. The Balaban J connectivity index is 0.00000200. The molecule has 0 radical (unpaired) electrons. The van der Waals surface area contributed by atoms with Crippen LogP contribution < -0.4 is 11.1 Å². The van der Waals surface area contributed by atoms with Crippen LogP contribution in [0.3, 0.4) is 0 Å². The predicted octanol–water partition coefficient (Wildman–Crippen LogP) is 2.95. The third-order valence-electron chi connectivity index (χ3n) is 3.30. The maximum absolute atomic E-state index is 5.86. The van der Waals surface area contributed by atoms with Crippen LogP contribution in [0.15, 0.2) is 23.2 Å². The zero-order chi connectivity index (χ0) is 13.5. The summed E-state index contributed by atoms with van der Waals surface area (Å²) in [6, 6.07) is 6.45. The van der Waals surface area contributed by atoms with E-state index in [1.165, 1.54) is 30.4 Å². The van der Waals surface area contributed by atoms with Crippen LogP contribution in [0.4, 0.5) is 5.69 Å². The van der Waals surface area contributed by atoms with Crippen molar-refractivity contribution in [3.63, 3.8) is 0 Å². The highest BCUT2D eigenvalue weighted by atomic mass is 127. The van der Waals surface area contributed by atoms with E-state index in [1.54, 1.807) is 0 Å². The van der Waals surface area contributed by atoms with E-state index in [1.807, 2.05) is 6.92 Å². The average molecular weight is 389 g/mol. The van der Waals surface area contributed by atoms with Gasteiger partial charge >= 0.3 is 0 Å². The molecule has 0 atom stereocenters. The van der Waals surface area contributed by atoms with Crippen molar-refractivity contribution in [2.24, 2.45) is 10.7 Å². The molecule has 0 spiro atoms. The van der Waals surface area contributed by atoms with Gasteiger partial charge in [-0.3, -0.25) is 4.99 Å². The smallest absolute Gasteiger partial charge is 0.193 e. The maximum Gasteiger partial charge on any atom is 0.193 e. The molecule has 1 aliphatic carbocycles. The van der Waals surface area contributed by atoms with Crippen LogP contribution in [-0.2, 0) is 17.6 Å². The summed E-state index contributed by atoms with van der Waals surface area (Å²) in [5.74, 6) is 0.481. The van der Waals surface area contributed by atoms with Crippen LogP contribution in [-0.4, -0.2) is 25.7 Å². The van der Waals surface area contributed by atoms with Crippen LogP contribution in [0.2, 0.25) is 0 Å². The van der Waals surface area contributed by atoms with Gasteiger partial charge in [-0.2, -0.15) is 0 Å². The molecule has 0 saturated heterocycles. The summed E-state index contributed by atoms with van der Waals surface area (Å²) in [5, 5.41) is 3.15. The molecule has 2 rings (SSSR count). The van der Waals surface area contributed by atoms with E-state index in [2.05, 4.69) is 28.5 Å². The van der Waals surface area contributed by atoms with E-state index < -0.39 is 0 Å². The molecule has 0 aliphatic heterocycles. The SMILES string of the molecule is CCOCCCN=C(N)Nc1ccc2c(c1)CCC2.I. The number of fused-ring (bicyclic) bond motifs is 1. The van der Waals surface area contributed by atoms with Gasteiger partial charge in [0.05, 0.1) is 0 Å². The van der Waals surface area contributed by atoms with Crippen molar-refractivity contribution in [3.8, 4) is 0 Å². The second-order valence-corrected chi connectivity index (χ2v) is 4.78. The molecule has 0 bridgehead atoms. The number of halogens is 1. The molecule has 0 aromatic heterocycles. The number of hydrogen-bond donors (Lipinski definition) is 2. The lowest BCUT2D eigenvalue weighted by Gasteiger charge is -2.08. The zero-order valence-corrected chi connectivity index (χ0v) is 14.4. The molecule has 0 saturated carbocycles. The minimum Gasteiger partial charge on any atom is -0.382 e. The van der Waals surface area contributed by atoms with E-state index in [4.69, 9.17) is 10.5 Å². The van der Waals surface area contributed by atoms with Crippen molar-refractivity contribution in [2.45, 2.75) is 32.6 Å². The number of nitrogens with two attached hydrogens (primary N) is 1. The Bertz CT molecular complexity index is 449. The lowest BCUT2D eigenvalue weighted by atomic mass is 10.1. The van der Waals surface area contributed by atoms with Crippen LogP contribution in [0.1, 0.15) is 30.9 Å². The number of aliphatic imine (C=N–C) groups is 1. The van der Waals surface area contributed by atoms with Crippen molar-refractivity contribution in [1.29, 1.82) is 0 Å². The third-order valence-corrected chi connectivity index (χ3v) is 3.30. The number of nitrogens with one attached hydrogen (secondary N) is 1. The summed E-state index contributed by atoms with van der Waals surface area (Å²) >= 11 is 0. The fourth-order valence-electron chi connectivity index (χ4n) is 2.35. The molecule has 1 aromatic rings. The van der Waals surface area contributed by atoms with Crippen LogP contribution in [0.5, 0.6) is 0 Å². The molecule has 0 heterocycles. The van der Waals surface area contributed by atoms with Gasteiger partial charge in [-0.25, -0.2) is 0 Å². The fourth-order valence-corrected chi connectivity index (χ4v) is 2.35. The monoisotopic (exact) mass is 389 g/mol. The number of rotatable bonds is 6. The van der Waals surface area contributed by atoms with Gasteiger partial charge in [0.15, 0.2) is 5.96 Å². The summed E-state index contributed by atoms with van der Waals surface area (Å²) < 4.78 is 5.25. The van der Waals surface area contributed by atoms with Gasteiger partial charge in [0.2, 0.25) is 0 Å². The highest BCUT2D eigenvalue weighted by Gasteiger charge is 2.10. The van der Waals surface area contributed by atoms with Crippen LogP contribution >= 0.6 is 24.0 Å². The molecule has 1 aromatic carbocycles. The molecule has 112 valence electrons. The highest BCUT2D eigenvalue weighted by Crippen LogP contribution is 2.24. The molecule has 20 heavy (non-hydrogen) atoms. The number of aryl methyl sites for hydroxylation is 2. The highest BCUT2D eigenvalue weighted by molar-refractivity contribution is 14.0. The van der Waals surface area contributed by atoms with Gasteiger partial charge < -0.3 is 15.8 Å². The van der Waals surface area contributed by atoms with Crippen molar-refractivity contribution in [2.75, 3.05) is 25.1 Å². The Hall–Kier alpha value is -0.820. The standard InChI is InChI=1S/C15H23N3O.HI/c1-2-19-10-4-9-17-15(16)18-14-8-7-12-5-3-6-13(12)11-14;/h7-8,11H,2-6,9-10H2,1H3,(H3,16,17,18);1H. The number of anilines is 1. The van der Waals surface area contributed by atoms with Gasteiger partial charge in [-0.1, -0.05) is 6.07 Å². The van der Waals surface area contributed by atoms with Gasteiger partial charge in [0.25, 0.3) is 0 Å². The van der Waals surface area contributed by atoms with E-state index >= 15 is 0 Å². The summed E-state index contributed by atoms with van der Waals surface area (Å²) in [6.07, 6.45) is 4.55. The van der Waals surface area contributed by atoms with Gasteiger partial charge in [0, 0.05) is 25.4 Å². The summed E-state index contributed by atoms with van der Waals surface area (Å²) in [4.78, 5) is 4.29. The zero-order valence-electron chi connectivity index (χ0n) is 12.0. The van der Waals surface area contributed by atoms with E-state index in [0.29, 0.717) is 12.5 Å². The van der Waals surface area contributed by atoms with Crippen LogP contribution in [0.25, 0.3) is 0 Å². The summed E-state index contributed by atoms with van der Waals surface area (Å²) in [6.45, 7) is 4.19. The normalized spacial score (nSPS) is 13.8. The Labute approximate surface area is 138 Å². The lowest BCUT2D eigenvalue weighted by molar-refractivity contribution is 0.146. The fraction of sp³-hybridized carbons (Fsp3) is 0.533. The second kappa shape index (κ2) is 9.18. The number of nitrogens with zero attached hydrogens (tertiary/aromatic N) is 1. The first-order chi connectivity index (χ1) is 9.29. The minimum absolute atomic E-state index is 0. The first kappa shape index (κ1) is 17.2. The topological polar surface area (TPSA) is 59.6 Å². The lowest BCUT2D eigenvalue weighted by Crippen LogP contribution is -2.23. The first-order valence-electron chi connectivity index (χ1n) is 7.06. The van der Waals surface area contributed by atoms with Crippen molar-refractivity contribution >= 4 is 35.6 Å². The Kier molecular flexibility index (Phi) is 7.91. The Morgan fingerprint density at radius 1 is 1.35 bits per heavy atom. The molecular formula is C15H24IN3O. The molecule has 0 unspecified atom stereocenters. The van der Waals surface area contributed by atoms with Crippen molar-refractivity contribution < 1.29 is 4.74 Å². The average Bonchev–Trinajstić information content (AvgIpc) is 2.86. The molecule has 5 heteroatoms. The number of ether oxygens (including phenoxy) is 1. The maximum atomic E-state index is 5.86. The van der Waals surface area contributed by atoms with Crippen molar-refractivity contribution in [1.82, 2.24) is 0 Å². The largest absolute Gasteiger partial charge is 0.382 e. The van der Waals surface area contributed by atoms with E-state index in [9.17, 15) is 0 Å². The predicted molar refractivity (Wildman–Crippen MR) is 95.1 cm³/mol. The summed E-state index contributed by atoms with van der Waals surface area (Å²) in [7, 11) is 0. The second-order valence-electron chi connectivity index (χ2n) is 4.78.